The number of quaternary nitrogens is 2. The Hall–Kier alpha value is -0.540. The minimum atomic E-state index is 0. The molecule has 0 bridgehead atoms. The Morgan fingerprint density at radius 1 is 0.600 bits per heavy atom. The minimum Gasteiger partial charge on any atom is -1.00 e. The van der Waals surface area contributed by atoms with Crippen molar-refractivity contribution in [3.8, 4) is 0 Å². The first-order valence-electron chi connectivity index (χ1n) is 6.56. The highest BCUT2D eigenvalue weighted by molar-refractivity contribution is 4.73. The Bertz CT molecular complexity index is 251. The molecule has 118 valence electrons. The third-order valence-corrected chi connectivity index (χ3v) is 3.46. The molecular formula is C16H30Cl2N2. The van der Waals surface area contributed by atoms with Gasteiger partial charge in [-0.2, -0.15) is 0 Å². The van der Waals surface area contributed by atoms with Crippen LogP contribution >= 0.6 is 0 Å². The van der Waals surface area contributed by atoms with Crippen LogP contribution in [-0.4, -0.2) is 62.3 Å². The highest BCUT2D eigenvalue weighted by Gasteiger charge is 2.25. The van der Waals surface area contributed by atoms with E-state index in [4.69, 9.17) is 0 Å². The van der Waals surface area contributed by atoms with Gasteiger partial charge in [0.15, 0.2) is 0 Å². The fourth-order valence-corrected chi connectivity index (χ4v) is 2.24. The topological polar surface area (TPSA) is 0 Å². The molecule has 0 rings (SSSR count). The van der Waals surface area contributed by atoms with E-state index in [9.17, 15) is 0 Å². The first kappa shape index (κ1) is 24.5. The molecule has 0 aliphatic rings. The van der Waals surface area contributed by atoms with Gasteiger partial charge in [0.25, 0.3) is 0 Å². The summed E-state index contributed by atoms with van der Waals surface area (Å²) in [6.45, 7) is 21.6. The van der Waals surface area contributed by atoms with Crippen molar-refractivity contribution in [1.29, 1.82) is 0 Å². The molecule has 0 N–H and O–H groups in total. The van der Waals surface area contributed by atoms with Crippen LogP contribution in [0.15, 0.2) is 50.6 Å². The average Bonchev–Trinajstić information content (AvgIpc) is 2.28. The molecule has 0 radical (unpaired) electrons. The summed E-state index contributed by atoms with van der Waals surface area (Å²) in [5, 5.41) is 0. The highest BCUT2D eigenvalue weighted by Crippen LogP contribution is 2.09. The fraction of sp³-hybridized carbons (Fsp3) is 0.500. The molecule has 0 amide bonds. The van der Waals surface area contributed by atoms with Crippen molar-refractivity contribution in [2.45, 2.75) is 0 Å². The summed E-state index contributed by atoms with van der Waals surface area (Å²) in [6.07, 6.45) is 7.98. The lowest BCUT2D eigenvalue weighted by atomic mass is 10.3. The molecule has 0 heterocycles. The maximum absolute atomic E-state index is 3.86. The molecule has 2 nitrogen and oxygen atoms in total. The molecule has 0 spiro atoms. The zero-order chi connectivity index (χ0) is 14.1. The van der Waals surface area contributed by atoms with E-state index in [-0.39, 0.29) is 24.8 Å². The minimum absolute atomic E-state index is 0. The SMILES string of the molecule is C=CC[N+](C)(CC=C)CC[N+](C)(CC=C)CC=C.[Cl-].[Cl-]. The van der Waals surface area contributed by atoms with Gasteiger partial charge in [-0.15, -0.1) is 0 Å². The molecule has 0 aliphatic carbocycles. The monoisotopic (exact) mass is 320 g/mol. The summed E-state index contributed by atoms with van der Waals surface area (Å²) < 4.78 is 1.93. The standard InChI is InChI=1S/C16H30N2.2ClH/c1-7-11-17(5,12-8-2)15-16-18(6,13-9-3)14-10-4;;/h7-10H,1-4,11-16H2,5-6H3;2*1H/q+2;;/p-2. The molecule has 4 heteroatoms. The van der Waals surface area contributed by atoms with E-state index < -0.39 is 0 Å². The molecular weight excluding hydrogens is 291 g/mol. The van der Waals surface area contributed by atoms with Crippen LogP contribution in [0.5, 0.6) is 0 Å². The van der Waals surface area contributed by atoms with Gasteiger partial charge in [-0.05, 0) is 24.3 Å². The Morgan fingerprint density at radius 2 is 0.800 bits per heavy atom. The van der Waals surface area contributed by atoms with Crippen molar-refractivity contribution >= 4 is 0 Å². The molecule has 0 fully saturated rings. The first-order chi connectivity index (χ1) is 8.45. The fourth-order valence-electron chi connectivity index (χ4n) is 2.24. The smallest absolute Gasteiger partial charge is 0.129 e. The normalized spacial score (nSPS) is 10.7. The maximum Gasteiger partial charge on any atom is 0.129 e. The summed E-state index contributed by atoms with van der Waals surface area (Å²) in [4.78, 5) is 0. The van der Waals surface area contributed by atoms with Crippen LogP contribution in [0, 0.1) is 0 Å². The summed E-state index contributed by atoms with van der Waals surface area (Å²) in [6, 6.07) is 0. The lowest BCUT2D eigenvalue weighted by molar-refractivity contribution is -0.953. The highest BCUT2D eigenvalue weighted by atomic mass is 35.5. The largest absolute Gasteiger partial charge is 1.00 e. The van der Waals surface area contributed by atoms with Crippen LogP contribution in [0.3, 0.4) is 0 Å². The van der Waals surface area contributed by atoms with E-state index in [1.54, 1.807) is 0 Å². The molecule has 0 aromatic rings. The van der Waals surface area contributed by atoms with Gasteiger partial charge >= 0.3 is 0 Å². The van der Waals surface area contributed by atoms with Crippen molar-refractivity contribution < 1.29 is 33.8 Å². The van der Waals surface area contributed by atoms with Crippen molar-refractivity contribution in [1.82, 2.24) is 0 Å². The van der Waals surface area contributed by atoms with E-state index in [1.807, 2.05) is 24.3 Å². The molecule has 0 saturated carbocycles. The second-order valence-corrected chi connectivity index (χ2v) is 5.57. The van der Waals surface area contributed by atoms with Gasteiger partial charge in [-0.25, -0.2) is 0 Å². The Labute approximate surface area is 138 Å². The van der Waals surface area contributed by atoms with Gasteiger partial charge in [0, 0.05) is 0 Å². The lowest BCUT2D eigenvalue weighted by Crippen LogP contribution is -3.00. The Kier molecular flexibility index (Phi) is 15.0. The average molecular weight is 321 g/mol. The number of rotatable bonds is 11. The van der Waals surface area contributed by atoms with Crippen LogP contribution in [0.4, 0.5) is 0 Å². The summed E-state index contributed by atoms with van der Waals surface area (Å²) in [7, 11) is 4.52. The van der Waals surface area contributed by atoms with Crippen molar-refractivity contribution in [3.05, 3.63) is 50.6 Å². The Morgan fingerprint density at radius 3 is 0.950 bits per heavy atom. The predicted molar refractivity (Wildman–Crippen MR) is 82.4 cm³/mol. The van der Waals surface area contributed by atoms with Gasteiger partial charge in [-0.1, -0.05) is 26.3 Å². The number of hydrogen-bond acceptors (Lipinski definition) is 0. The summed E-state index contributed by atoms with van der Waals surface area (Å²) in [5.74, 6) is 0. The third kappa shape index (κ3) is 9.38. The van der Waals surface area contributed by atoms with Crippen molar-refractivity contribution in [2.75, 3.05) is 53.4 Å². The van der Waals surface area contributed by atoms with E-state index >= 15 is 0 Å². The third-order valence-electron chi connectivity index (χ3n) is 3.46. The molecule has 0 unspecified atom stereocenters. The number of likely N-dealkylation sites (N-methyl/N-ethyl adjacent to an activating group) is 2. The van der Waals surface area contributed by atoms with Gasteiger partial charge < -0.3 is 33.8 Å². The summed E-state index contributed by atoms with van der Waals surface area (Å²) >= 11 is 0. The molecule has 0 aliphatic heterocycles. The zero-order valence-electron chi connectivity index (χ0n) is 13.0. The number of halogens is 2. The van der Waals surface area contributed by atoms with E-state index in [2.05, 4.69) is 40.4 Å². The molecule has 0 aromatic heterocycles. The van der Waals surface area contributed by atoms with E-state index in [1.165, 1.54) is 0 Å². The quantitative estimate of drug-likeness (QED) is 0.275. The first-order valence-corrected chi connectivity index (χ1v) is 6.56. The Balaban J connectivity index is -0.00000144. The van der Waals surface area contributed by atoms with Crippen LogP contribution in [-0.2, 0) is 0 Å². The molecule has 20 heavy (non-hydrogen) atoms. The molecule has 0 aromatic carbocycles. The molecule has 0 saturated heterocycles. The van der Waals surface area contributed by atoms with Crippen molar-refractivity contribution in [3.63, 3.8) is 0 Å². The van der Waals surface area contributed by atoms with Crippen LogP contribution in [0.1, 0.15) is 0 Å². The van der Waals surface area contributed by atoms with Crippen molar-refractivity contribution in [2.24, 2.45) is 0 Å². The van der Waals surface area contributed by atoms with Gasteiger partial charge in [0.2, 0.25) is 0 Å². The predicted octanol–water partition coefficient (Wildman–Crippen LogP) is -3.37. The van der Waals surface area contributed by atoms with Gasteiger partial charge in [0.05, 0.1) is 40.3 Å². The van der Waals surface area contributed by atoms with Gasteiger partial charge in [-0.3, -0.25) is 0 Å². The van der Waals surface area contributed by atoms with Crippen LogP contribution < -0.4 is 24.8 Å². The molecule has 0 atom stereocenters. The van der Waals surface area contributed by atoms with Crippen LogP contribution in [0.25, 0.3) is 0 Å². The summed E-state index contributed by atoms with van der Waals surface area (Å²) in [5.41, 5.74) is 0. The number of nitrogens with zero attached hydrogens (tertiary/aromatic N) is 2. The van der Waals surface area contributed by atoms with E-state index in [0.29, 0.717) is 0 Å². The second kappa shape index (κ2) is 12.2. The van der Waals surface area contributed by atoms with Gasteiger partial charge in [0.1, 0.15) is 13.1 Å². The van der Waals surface area contributed by atoms with Crippen LogP contribution in [0.2, 0.25) is 0 Å². The zero-order valence-corrected chi connectivity index (χ0v) is 14.5. The van der Waals surface area contributed by atoms with E-state index in [0.717, 1.165) is 48.2 Å². The second-order valence-electron chi connectivity index (χ2n) is 5.57. The number of hydrogen-bond donors (Lipinski definition) is 0. The lowest BCUT2D eigenvalue weighted by Gasteiger charge is -2.38. The maximum atomic E-state index is 3.86.